The molecule has 1 saturated carbocycles. The lowest BCUT2D eigenvalue weighted by atomic mass is 9.76. The Hall–Kier alpha value is -2.08. The Morgan fingerprint density at radius 3 is 2.82 bits per heavy atom. The highest BCUT2D eigenvalue weighted by molar-refractivity contribution is 5.79. The molecule has 0 aliphatic heterocycles. The van der Waals surface area contributed by atoms with Crippen LogP contribution in [-0.2, 0) is 11.3 Å². The first kappa shape index (κ1) is 14.8. The minimum Gasteiger partial charge on any atom is -0.393 e. The first-order valence-corrected chi connectivity index (χ1v) is 7.73. The number of aliphatic hydroxyl groups is 1. The van der Waals surface area contributed by atoms with Gasteiger partial charge in [0.15, 0.2) is 0 Å². The van der Waals surface area contributed by atoms with Crippen LogP contribution in [0.2, 0.25) is 0 Å². The largest absolute Gasteiger partial charge is 0.393 e. The normalized spacial score (nSPS) is 22.3. The molecule has 3 N–H and O–H groups in total. The van der Waals surface area contributed by atoms with Crippen molar-refractivity contribution in [3.05, 3.63) is 34.6 Å². The summed E-state index contributed by atoms with van der Waals surface area (Å²) in [5.74, 6) is 0.158. The molecule has 1 heterocycles. The topological polar surface area (TPSA) is 87.1 Å². The first-order chi connectivity index (χ1) is 10.6. The molecule has 0 spiro atoms. The zero-order valence-corrected chi connectivity index (χ0v) is 12.6. The third-order valence-electron chi connectivity index (χ3n) is 4.46. The fourth-order valence-electron chi connectivity index (χ4n) is 3.13. The third kappa shape index (κ3) is 2.78. The smallest absolute Gasteiger partial charge is 0.274 e. The lowest BCUT2D eigenvalue weighted by Crippen LogP contribution is -2.48. The summed E-state index contributed by atoms with van der Waals surface area (Å²) in [5, 5.41) is 15.9. The van der Waals surface area contributed by atoms with Crippen molar-refractivity contribution >= 4 is 16.8 Å². The quantitative estimate of drug-likeness (QED) is 0.770. The molecule has 1 aliphatic rings. The number of amides is 1. The minimum absolute atomic E-state index is 0.0146. The molecule has 3 rings (SSSR count). The average molecular weight is 303 g/mol. The second kappa shape index (κ2) is 5.96. The molecule has 0 bridgehead atoms. The summed E-state index contributed by atoms with van der Waals surface area (Å²) >= 11 is 0. The molecule has 2 aromatic rings. The van der Waals surface area contributed by atoms with Crippen LogP contribution in [0.4, 0.5) is 0 Å². The second-order valence-electron chi connectivity index (χ2n) is 6.02. The van der Waals surface area contributed by atoms with E-state index >= 15 is 0 Å². The highest BCUT2D eigenvalue weighted by atomic mass is 16.3. The van der Waals surface area contributed by atoms with E-state index in [4.69, 9.17) is 0 Å². The van der Waals surface area contributed by atoms with Gasteiger partial charge in [-0.3, -0.25) is 14.7 Å². The molecular weight excluding hydrogens is 282 g/mol. The highest BCUT2D eigenvalue weighted by Crippen LogP contribution is 2.31. The van der Waals surface area contributed by atoms with Crippen molar-refractivity contribution in [1.29, 1.82) is 0 Å². The number of H-pyrrole nitrogens is 1. The number of hydrogen-bond acceptors (Lipinski definition) is 3. The molecule has 1 atom stereocenters. The molecule has 0 radical (unpaired) electrons. The molecule has 1 aromatic heterocycles. The fraction of sp³-hybridized carbons (Fsp3) is 0.500. The molecule has 1 fully saturated rings. The van der Waals surface area contributed by atoms with E-state index in [9.17, 15) is 14.7 Å². The van der Waals surface area contributed by atoms with E-state index in [-0.39, 0.29) is 30.2 Å². The number of rotatable bonds is 5. The van der Waals surface area contributed by atoms with Gasteiger partial charge in [-0.15, -0.1) is 0 Å². The van der Waals surface area contributed by atoms with Crippen molar-refractivity contribution in [3.8, 4) is 0 Å². The van der Waals surface area contributed by atoms with Crippen LogP contribution in [0.5, 0.6) is 0 Å². The lowest BCUT2D eigenvalue weighted by Gasteiger charge is -2.37. The number of fused-ring (bicyclic) bond motifs is 1. The Morgan fingerprint density at radius 2 is 2.18 bits per heavy atom. The molecule has 1 aromatic carbocycles. The van der Waals surface area contributed by atoms with Crippen molar-refractivity contribution in [3.63, 3.8) is 0 Å². The summed E-state index contributed by atoms with van der Waals surface area (Å²) in [4.78, 5) is 24.4. The SMILES string of the molecule is CC[C@H](NC(=O)Cn1[nH]c2ccccc2c1=O)C1CC(O)C1. The van der Waals surface area contributed by atoms with Gasteiger partial charge in [0.25, 0.3) is 5.56 Å². The maximum Gasteiger partial charge on any atom is 0.274 e. The van der Waals surface area contributed by atoms with Gasteiger partial charge in [-0.2, -0.15) is 0 Å². The van der Waals surface area contributed by atoms with Crippen LogP contribution in [0, 0.1) is 5.92 Å². The van der Waals surface area contributed by atoms with Crippen LogP contribution in [0.3, 0.4) is 0 Å². The first-order valence-electron chi connectivity index (χ1n) is 7.73. The van der Waals surface area contributed by atoms with E-state index < -0.39 is 0 Å². The molecule has 6 heteroatoms. The van der Waals surface area contributed by atoms with Crippen molar-refractivity contribution < 1.29 is 9.90 Å². The Balaban J connectivity index is 1.67. The number of aromatic amines is 1. The Morgan fingerprint density at radius 1 is 1.45 bits per heavy atom. The predicted octanol–water partition coefficient (Wildman–Crippen LogP) is 0.995. The van der Waals surface area contributed by atoms with E-state index in [2.05, 4.69) is 10.4 Å². The van der Waals surface area contributed by atoms with E-state index in [0.717, 1.165) is 24.8 Å². The van der Waals surface area contributed by atoms with Gasteiger partial charge in [0.05, 0.1) is 17.0 Å². The van der Waals surface area contributed by atoms with Crippen molar-refractivity contribution in [2.45, 2.75) is 44.9 Å². The lowest BCUT2D eigenvalue weighted by molar-refractivity contribution is -0.123. The number of para-hydroxylation sites is 1. The number of aromatic nitrogens is 2. The van der Waals surface area contributed by atoms with Crippen LogP contribution in [0.15, 0.2) is 29.1 Å². The number of benzene rings is 1. The van der Waals surface area contributed by atoms with E-state index in [1.807, 2.05) is 19.1 Å². The van der Waals surface area contributed by atoms with Crippen molar-refractivity contribution in [1.82, 2.24) is 15.1 Å². The zero-order chi connectivity index (χ0) is 15.7. The number of nitrogens with one attached hydrogen (secondary N) is 2. The molecule has 1 aliphatic carbocycles. The Labute approximate surface area is 128 Å². The highest BCUT2D eigenvalue weighted by Gasteiger charge is 2.33. The fourth-order valence-corrected chi connectivity index (χ4v) is 3.13. The summed E-state index contributed by atoms with van der Waals surface area (Å²) in [5.41, 5.74) is 0.548. The Bertz CT molecular complexity index is 728. The van der Waals surface area contributed by atoms with Gasteiger partial charge in [-0.05, 0) is 37.3 Å². The molecule has 6 nitrogen and oxygen atoms in total. The molecule has 0 unspecified atom stereocenters. The van der Waals surface area contributed by atoms with Gasteiger partial charge in [-0.25, -0.2) is 4.68 Å². The van der Waals surface area contributed by atoms with Crippen molar-refractivity contribution in [2.24, 2.45) is 5.92 Å². The van der Waals surface area contributed by atoms with Gasteiger partial charge in [-0.1, -0.05) is 19.1 Å². The van der Waals surface area contributed by atoms with Crippen LogP contribution in [0.1, 0.15) is 26.2 Å². The number of aliphatic hydroxyl groups excluding tert-OH is 1. The van der Waals surface area contributed by atoms with E-state index in [1.165, 1.54) is 4.68 Å². The van der Waals surface area contributed by atoms with Crippen LogP contribution in [-0.4, -0.2) is 32.9 Å². The molecule has 0 saturated heterocycles. The van der Waals surface area contributed by atoms with Crippen molar-refractivity contribution in [2.75, 3.05) is 0 Å². The summed E-state index contributed by atoms with van der Waals surface area (Å²) in [6, 6.07) is 7.27. The minimum atomic E-state index is -0.229. The van der Waals surface area contributed by atoms with Gasteiger partial charge in [0.2, 0.25) is 5.91 Å². The molecule has 22 heavy (non-hydrogen) atoms. The summed E-state index contributed by atoms with van der Waals surface area (Å²) < 4.78 is 1.34. The Kier molecular flexibility index (Phi) is 4.02. The molecule has 1 amide bonds. The zero-order valence-electron chi connectivity index (χ0n) is 12.6. The number of carbonyl (C=O) groups is 1. The monoisotopic (exact) mass is 303 g/mol. The summed E-state index contributed by atoms with van der Waals surface area (Å²) in [6.07, 6.45) is 2.08. The van der Waals surface area contributed by atoms with E-state index in [0.29, 0.717) is 11.3 Å². The predicted molar refractivity (Wildman–Crippen MR) is 83.5 cm³/mol. The third-order valence-corrected chi connectivity index (χ3v) is 4.46. The summed E-state index contributed by atoms with van der Waals surface area (Å²) in [7, 11) is 0. The van der Waals surface area contributed by atoms with Crippen LogP contribution >= 0.6 is 0 Å². The average Bonchev–Trinajstić information content (AvgIpc) is 2.79. The molecule has 118 valence electrons. The van der Waals surface area contributed by atoms with Crippen LogP contribution in [0.25, 0.3) is 10.9 Å². The second-order valence-corrected chi connectivity index (χ2v) is 6.02. The number of carbonyl (C=O) groups excluding carboxylic acids is 1. The van der Waals surface area contributed by atoms with Gasteiger partial charge in [0.1, 0.15) is 6.54 Å². The van der Waals surface area contributed by atoms with Gasteiger partial charge in [0, 0.05) is 6.04 Å². The standard InChI is InChI=1S/C16H21N3O3/c1-2-13(10-7-11(20)8-10)17-15(21)9-19-16(22)12-5-3-4-6-14(12)18-19/h3-6,10-11,13,18,20H,2,7-9H2,1H3,(H,17,21)/t10?,11?,13-/m0/s1. The maximum absolute atomic E-state index is 12.2. The van der Waals surface area contributed by atoms with Gasteiger partial charge < -0.3 is 10.4 Å². The summed E-state index contributed by atoms with van der Waals surface area (Å²) in [6.45, 7) is 2.00. The van der Waals surface area contributed by atoms with Crippen LogP contribution < -0.4 is 10.9 Å². The van der Waals surface area contributed by atoms with E-state index in [1.54, 1.807) is 12.1 Å². The number of hydrogen-bond donors (Lipinski definition) is 3. The van der Waals surface area contributed by atoms with Gasteiger partial charge >= 0.3 is 0 Å². The number of nitrogens with zero attached hydrogens (tertiary/aromatic N) is 1. The molecular formula is C16H21N3O3. The maximum atomic E-state index is 12.2.